The van der Waals surface area contributed by atoms with E-state index in [1.54, 1.807) is 44.1 Å². The minimum atomic E-state index is 0.0702. The summed E-state index contributed by atoms with van der Waals surface area (Å²) < 4.78 is 5.92. The highest BCUT2D eigenvalue weighted by molar-refractivity contribution is 5.69. The second kappa shape index (κ2) is 9.70. The molecule has 292 valence electrons. The van der Waals surface area contributed by atoms with Gasteiger partial charge in [-0.1, -0.05) is 67.0 Å². The number of hydrogen-bond acceptors (Lipinski definition) is 2. The monoisotopic (exact) mass is 744 g/mol. The summed E-state index contributed by atoms with van der Waals surface area (Å²) in [6.07, 6.45) is 18.3. The zero-order valence-electron chi connectivity index (χ0n) is 33.9. The number of ether oxygens (including phenoxy) is 1. The smallest absolute Gasteiger partial charge is 0.305 e. The SMILES string of the molecule is CC(C)COC(=O)CCCC1(c2ccccc2)C2CC=C3CC4CC5CC6=C7C5C5C4C4C3C1C1C3C2CC2CC8CC(C6)C6C7C7C5C4C1C1C3C2C8C6C71. The van der Waals surface area contributed by atoms with Crippen molar-refractivity contribution in [1.29, 1.82) is 0 Å². The van der Waals surface area contributed by atoms with E-state index in [0.717, 1.165) is 166 Å². The summed E-state index contributed by atoms with van der Waals surface area (Å²) >= 11 is 0. The first-order chi connectivity index (χ1) is 27.5. The van der Waals surface area contributed by atoms with Crippen LogP contribution in [-0.2, 0) is 14.9 Å². The average molecular weight is 745 g/mol. The maximum atomic E-state index is 13.5. The first-order valence-electron chi connectivity index (χ1n) is 25.1. The third-order valence-corrected chi connectivity index (χ3v) is 24.8. The van der Waals surface area contributed by atoms with Crippen molar-refractivity contribution in [3.63, 3.8) is 0 Å². The average Bonchev–Trinajstić information content (AvgIpc) is 3.99. The van der Waals surface area contributed by atoms with Crippen LogP contribution < -0.4 is 0 Å². The molecule has 0 heterocycles. The van der Waals surface area contributed by atoms with Gasteiger partial charge in [-0.3, -0.25) is 4.79 Å². The minimum absolute atomic E-state index is 0.0702. The van der Waals surface area contributed by atoms with E-state index in [-0.39, 0.29) is 11.4 Å². The molecule has 0 N–H and O–H groups in total. The highest BCUT2D eigenvalue weighted by atomic mass is 16.5. The molecular formula is C54H64O2. The molecule has 0 aliphatic heterocycles. The van der Waals surface area contributed by atoms with Crippen LogP contribution in [0.25, 0.3) is 0 Å². The fourth-order valence-electron chi connectivity index (χ4n) is 25.9. The zero-order chi connectivity index (χ0) is 36.0. The molecule has 0 spiro atoms. The molecule has 56 heavy (non-hydrogen) atoms. The van der Waals surface area contributed by atoms with Gasteiger partial charge in [-0.25, -0.2) is 0 Å². The van der Waals surface area contributed by atoms with Crippen LogP contribution in [0.3, 0.4) is 0 Å². The van der Waals surface area contributed by atoms with Crippen LogP contribution in [0.2, 0.25) is 0 Å². The Bertz CT molecular complexity index is 2080. The molecule has 16 aliphatic carbocycles. The van der Waals surface area contributed by atoms with E-state index in [2.05, 4.69) is 61.4 Å². The van der Waals surface area contributed by atoms with Crippen molar-refractivity contribution < 1.29 is 9.53 Å². The van der Waals surface area contributed by atoms with Gasteiger partial charge in [0.2, 0.25) is 0 Å². The van der Waals surface area contributed by atoms with Crippen molar-refractivity contribution >= 4 is 5.97 Å². The molecule has 28 atom stereocenters. The van der Waals surface area contributed by atoms with Crippen molar-refractivity contribution in [2.45, 2.75) is 89.9 Å². The molecule has 0 radical (unpaired) electrons. The lowest BCUT2D eigenvalue weighted by atomic mass is 9.36. The topological polar surface area (TPSA) is 26.3 Å². The molecule has 16 aliphatic rings. The van der Waals surface area contributed by atoms with Crippen LogP contribution in [0.4, 0.5) is 0 Å². The van der Waals surface area contributed by atoms with Gasteiger partial charge in [-0.2, -0.15) is 0 Å². The predicted molar refractivity (Wildman–Crippen MR) is 214 cm³/mol. The Kier molecular flexibility index (Phi) is 5.38. The molecular weight excluding hydrogens is 681 g/mol. The fourth-order valence-corrected chi connectivity index (χ4v) is 25.9. The van der Waals surface area contributed by atoms with E-state index in [0.29, 0.717) is 18.9 Å². The minimum Gasteiger partial charge on any atom is -0.465 e. The van der Waals surface area contributed by atoms with E-state index >= 15 is 0 Å². The second-order valence-corrected chi connectivity index (χ2v) is 25.4. The third kappa shape index (κ3) is 3.01. The Hall–Kier alpha value is -1.83. The van der Waals surface area contributed by atoms with Gasteiger partial charge >= 0.3 is 5.97 Å². The van der Waals surface area contributed by atoms with Gasteiger partial charge in [0, 0.05) is 11.8 Å². The van der Waals surface area contributed by atoms with Crippen molar-refractivity contribution in [3.05, 3.63) is 58.7 Å². The maximum absolute atomic E-state index is 13.5. The molecule has 2 bridgehead atoms. The van der Waals surface area contributed by atoms with E-state index in [1.807, 2.05) is 5.57 Å². The Morgan fingerprint density at radius 3 is 2.16 bits per heavy atom. The van der Waals surface area contributed by atoms with Crippen LogP contribution in [0.15, 0.2) is 53.1 Å². The first kappa shape index (κ1) is 31.1. The molecule has 13 fully saturated rings. The number of carbonyl (C=O) groups is 1. The van der Waals surface area contributed by atoms with Gasteiger partial charge in [0.05, 0.1) is 6.61 Å². The first-order valence-corrected chi connectivity index (χ1v) is 25.1. The van der Waals surface area contributed by atoms with Crippen molar-refractivity contribution in [1.82, 2.24) is 0 Å². The Morgan fingerprint density at radius 2 is 1.30 bits per heavy atom. The van der Waals surface area contributed by atoms with Gasteiger partial charge in [0.15, 0.2) is 0 Å². The summed E-state index contributed by atoms with van der Waals surface area (Å²) in [4.78, 5) is 13.5. The highest BCUT2D eigenvalue weighted by Gasteiger charge is 2.88. The fraction of sp³-hybridized carbons (Fsp3) is 0.796. The number of esters is 1. The molecule has 2 nitrogen and oxygen atoms in total. The van der Waals surface area contributed by atoms with Crippen LogP contribution in [0.5, 0.6) is 0 Å². The number of rotatable bonds is 7. The van der Waals surface area contributed by atoms with E-state index in [4.69, 9.17) is 4.74 Å². The summed E-state index contributed by atoms with van der Waals surface area (Å²) in [5.41, 5.74) is 8.32. The van der Waals surface area contributed by atoms with E-state index in [9.17, 15) is 4.79 Å². The second-order valence-electron chi connectivity index (χ2n) is 25.4. The van der Waals surface area contributed by atoms with E-state index < -0.39 is 0 Å². The van der Waals surface area contributed by atoms with Gasteiger partial charge < -0.3 is 4.74 Å². The van der Waals surface area contributed by atoms with Gasteiger partial charge in [-0.05, 0) is 235 Å². The van der Waals surface area contributed by atoms with Crippen molar-refractivity contribution in [3.8, 4) is 0 Å². The van der Waals surface area contributed by atoms with Gasteiger partial charge in [0.1, 0.15) is 0 Å². The zero-order valence-corrected chi connectivity index (χ0v) is 33.9. The van der Waals surface area contributed by atoms with Crippen molar-refractivity contribution in [2.24, 2.45) is 166 Å². The molecule has 1 aromatic carbocycles. The maximum Gasteiger partial charge on any atom is 0.305 e. The summed E-state index contributed by atoms with van der Waals surface area (Å²) in [5.74, 6) is 28.1. The number of fused-ring (bicyclic) bond motifs is 2. The number of allylic oxidation sites excluding steroid dienone is 4. The molecule has 0 amide bonds. The van der Waals surface area contributed by atoms with Crippen LogP contribution in [0.1, 0.15) is 90.0 Å². The summed E-state index contributed by atoms with van der Waals surface area (Å²) in [6, 6.07) is 12.4. The lowest BCUT2D eigenvalue weighted by Crippen LogP contribution is -2.65. The van der Waals surface area contributed by atoms with Gasteiger partial charge in [-0.15, -0.1) is 0 Å². The molecule has 13 saturated carbocycles. The summed E-state index contributed by atoms with van der Waals surface area (Å²) in [6.45, 7) is 4.93. The third-order valence-electron chi connectivity index (χ3n) is 24.8. The molecule has 0 aromatic heterocycles. The Morgan fingerprint density at radius 1 is 0.661 bits per heavy atom. The quantitative estimate of drug-likeness (QED) is 0.205. The normalized spacial score (nSPS) is 64.1. The Balaban J connectivity index is 0.933. The van der Waals surface area contributed by atoms with Crippen LogP contribution in [-0.4, -0.2) is 12.6 Å². The highest BCUT2D eigenvalue weighted by Crippen LogP contribution is 2.92. The lowest BCUT2D eigenvalue weighted by Gasteiger charge is -2.67. The van der Waals surface area contributed by atoms with E-state index in [1.165, 1.54) is 19.3 Å². The predicted octanol–water partition coefficient (Wildman–Crippen LogP) is 10.5. The molecule has 2 heteroatoms. The standard InChI is InChI=1S/C54H64O2/c1-21(2)20-56-32(55)9-6-12-54(29-7-4-3-5-8-29)31-11-10-22-13-23-14-24-15-25-16-27-17-26-18-28-19-30(31)40-45-36(28)35(26)42-37(27)41-33(25)34(24)43-38(23)44-39(22)53(54)52(40)51-49(44)47(43)46(41)48(42)50(45)51/h3-5,7-8,10,21,23-24,26-28,30-31,34-53H,6,9,11-20H2,1-2H3. The molecule has 28 unspecified atom stereocenters. The molecule has 1 aromatic rings. The Labute approximate surface area is 335 Å². The van der Waals surface area contributed by atoms with Gasteiger partial charge in [0.25, 0.3) is 0 Å². The van der Waals surface area contributed by atoms with Crippen LogP contribution >= 0.6 is 0 Å². The summed E-state index contributed by atoms with van der Waals surface area (Å²) in [5, 5.41) is 0. The number of carbonyl (C=O) groups excluding carboxylic acids is 1. The molecule has 17 rings (SSSR count). The lowest BCUT2D eigenvalue weighted by molar-refractivity contribution is -0.161. The number of benzene rings is 1. The molecule has 0 saturated heterocycles. The van der Waals surface area contributed by atoms with Crippen molar-refractivity contribution in [2.75, 3.05) is 6.61 Å². The largest absolute Gasteiger partial charge is 0.465 e. The number of hydrogen-bond donors (Lipinski definition) is 0. The summed E-state index contributed by atoms with van der Waals surface area (Å²) in [7, 11) is 0. The van der Waals surface area contributed by atoms with Crippen LogP contribution in [0, 0.1) is 166 Å².